The van der Waals surface area contributed by atoms with Gasteiger partial charge in [-0.2, -0.15) is 0 Å². The van der Waals surface area contributed by atoms with Gasteiger partial charge in [-0.15, -0.1) is 0 Å². The SMILES string of the molecule is COC1(c2nccc(CNC3CC3)n2)CCC(C)(C)CC1. The van der Waals surface area contributed by atoms with Gasteiger partial charge in [0.25, 0.3) is 0 Å². The molecule has 0 saturated heterocycles. The topological polar surface area (TPSA) is 47.0 Å². The van der Waals surface area contributed by atoms with E-state index < -0.39 is 0 Å². The molecular weight excluding hydrogens is 262 g/mol. The zero-order chi connectivity index (χ0) is 14.9. The minimum Gasteiger partial charge on any atom is -0.370 e. The van der Waals surface area contributed by atoms with Gasteiger partial charge in [0, 0.05) is 25.9 Å². The number of nitrogens with zero attached hydrogens (tertiary/aromatic N) is 2. The molecule has 2 fully saturated rings. The first-order valence-corrected chi connectivity index (χ1v) is 8.14. The molecule has 0 bridgehead atoms. The molecule has 0 radical (unpaired) electrons. The maximum atomic E-state index is 5.91. The molecule has 116 valence electrons. The first-order chi connectivity index (χ1) is 10.0. The average Bonchev–Trinajstić information content (AvgIpc) is 3.30. The largest absolute Gasteiger partial charge is 0.370 e. The summed E-state index contributed by atoms with van der Waals surface area (Å²) in [7, 11) is 1.80. The summed E-state index contributed by atoms with van der Waals surface area (Å²) in [4.78, 5) is 9.32. The van der Waals surface area contributed by atoms with Gasteiger partial charge in [-0.05, 0) is 50.0 Å². The molecule has 21 heavy (non-hydrogen) atoms. The Balaban J connectivity index is 1.75. The van der Waals surface area contributed by atoms with Crippen molar-refractivity contribution in [1.29, 1.82) is 0 Å². The lowest BCUT2D eigenvalue weighted by molar-refractivity contribution is -0.0730. The summed E-state index contributed by atoms with van der Waals surface area (Å²) in [6.45, 7) is 5.51. The molecule has 1 aromatic heterocycles. The monoisotopic (exact) mass is 289 g/mol. The van der Waals surface area contributed by atoms with Crippen molar-refractivity contribution < 1.29 is 4.74 Å². The molecule has 0 aliphatic heterocycles. The molecule has 0 spiro atoms. The van der Waals surface area contributed by atoms with Crippen LogP contribution in [0.1, 0.15) is 63.9 Å². The summed E-state index contributed by atoms with van der Waals surface area (Å²) in [6.07, 6.45) is 8.83. The van der Waals surface area contributed by atoms with E-state index >= 15 is 0 Å². The number of rotatable bonds is 5. The minimum atomic E-state index is -0.287. The molecule has 1 heterocycles. The summed E-state index contributed by atoms with van der Waals surface area (Å²) in [5.41, 5.74) is 1.20. The number of nitrogens with one attached hydrogen (secondary N) is 1. The van der Waals surface area contributed by atoms with Crippen molar-refractivity contribution in [2.45, 2.75) is 70.6 Å². The van der Waals surface area contributed by atoms with E-state index in [1.54, 1.807) is 7.11 Å². The predicted molar refractivity (Wildman–Crippen MR) is 82.8 cm³/mol. The van der Waals surface area contributed by atoms with Gasteiger partial charge in [0.15, 0.2) is 5.82 Å². The van der Waals surface area contributed by atoms with E-state index in [1.807, 2.05) is 12.3 Å². The Hall–Kier alpha value is -1.00. The standard InChI is InChI=1S/C17H27N3O/c1-16(2)7-9-17(21-3,10-8-16)15-18-11-6-14(20-15)12-19-13-4-5-13/h6,11,13,19H,4-5,7-10,12H2,1-3H3. The van der Waals surface area contributed by atoms with E-state index in [9.17, 15) is 0 Å². The van der Waals surface area contributed by atoms with Crippen LogP contribution in [0.4, 0.5) is 0 Å². The first kappa shape index (κ1) is 14.9. The van der Waals surface area contributed by atoms with Crippen molar-refractivity contribution in [3.05, 3.63) is 23.8 Å². The lowest BCUT2D eigenvalue weighted by Gasteiger charge is -2.41. The van der Waals surface area contributed by atoms with Crippen LogP contribution in [0, 0.1) is 5.41 Å². The van der Waals surface area contributed by atoms with Crippen molar-refractivity contribution in [1.82, 2.24) is 15.3 Å². The fourth-order valence-electron chi connectivity index (χ4n) is 3.10. The number of aromatic nitrogens is 2. The molecule has 0 unspecified atom stereocenters. The third-order valence-corrected chi connectivity index (χ3v) is 5.07. The lowest BCUT2D eigenvalue weighted by atomic mass is 9.70. The van der Waals surface area contributed by atoms with Crippen LogP contribution in [0.15, 0.2) is 12.3 Å². The Kier molecular flexibility index (Phi) is 4.02. The van der Waals surface area contributed by atoms with E-state index in [2.05, 4.69) is 24.1 Å². The third-order valence-electron chi connectivity index (χ3n) is 5.07. The highest BCUT2D eigenvalue weighted by Gasteiger charge is 2.42. The second-order valence-corrected chi connectivity index (χ2v) is 7.39. The van der Waals surface area contributed by atoms with Gasteiger partial charge in [-0.3, -0.25) is 0 Å². The van der Waals surface area contributed by atoms with Gasteiger partial charge in [0.1, 0.15) is 5.60 Å². The van der Waals surface area contributed by atoms with Gasteiger partial charge >= 0.3 is 0 Å². The van der Waals surface area contributed by atoms with Crippen molar-refractivity contribution in [3.63, 3.8) is 0 Å². The van der Waals surface area contributed by atoms with Crippen molar-refractivity contribution in [2.24, 2.45) is 5.41 Å². The van der Waals surface area contributed by atoms with E-state index in [-0.39, 0.29) is 5.60 Å². The molecule has 0 atom stereocenters. The van der Waals surface area contributed by atoms with Crippen LogP contribution in [0.25, 0.3) is 0 Å². The fourth-order valence-corrected chi connectivity index (χ4v) is 3.10. The van der Waals surface area contributed by atoms with Gasteiger partial charge in [0.2, 0.25) is 0 Å². The van der Waals surface area contributed by atoms with Gasteiger partial charge in [0.05, 0.1) is 5.69 Å². The molecule has 3 rings (SSSR count). The minimum absolute atomic E-state index is 0.287. The van der Waals surface area contributed by atoms with Crippen LogP contribution < -0.4 is 5.32 Å². The number of ether oxygens (including phenoxy) is 1. The van der Waals surface area contributed by atoms with E-state index in [0.717, 1.165) is 43.7 Å². The third kappa shape index (κ3) is 3.43. The van der Waals surface area contributed by atoms with Crippen molar-refractivity contribution >= 4 is 0 Å². The highest BCUT2D eigenvalue weighted by Crippen LogP contribution is 2.46. The van der Waals surface area contributed by atoms with E-state index in [4.69, 9.17) is 9.72 Å². The summed E-state index contributed by atoms with van der Waals surface area (Å²) in [6, 6.07) is 2.71. The van der Waals surface area contributed by atoms with Crippen LogP contribution in [0.3, 0.4) is 0 Å². The highest BCUT2D eigenvalue weighted by molar-refractivity contribution is 5.11. The number of methoxy groups -OCH3 is 1. The second-order valence-electron chi connectivity index (χ2n) is 7.39. The Bertz CT molecular complexity index is 487. The number of hydrogen-bond donors (Lipinski definition) is 1. The summed E-state index contributed by atoms with van der Waals surface area (Å²) >= 11 is 0. The Morgan fingerprint density at radius 2 is 1.95 bits per heavy atom. The quantitative estimate of drug-likeness (QED) is 0.904. The van der Waals surface area contributed by atoms with Crippen molar-refractivity contribution in [3.8, 4) is 0 Å². The zero-order valence-electron chi connectivity index (χ0n) is 13.5. The van der Waals surface area contributed by atoms with Gasteiger partial charge in [-0.1, -0.05) is 13.8 Å². The number of hydrogen-bond acceptors (Lipinski definition) is 4. The normalized spacial score (nSPS) is 24.0. The van der Waals surface area contributed by atoms with E-state index in [1.165, 1.54) is 12.8 Å². The Morgan fingerprint density at radius 3 is 2.57 bits per heavy atom. The molecular formula is C17H27N3O. The fraction of sp³-hybridized carbons (Fsp3) is 0.765. The maximum Gasteiger partial charge on any atom is 0.160 e. The average molecular weight is 289 g/mol. The maximum absolute atomic E-state index is 5.91. The highest BCUT2D eigenvalue weighted by atomic mass is 16.5. The molecule has 2 saturated carbocycles. The second kappa shape index (κ2) is 5.65. The first-order valence-electron chi connectivity index (χ1n) is 8.14. The summed E-state index contributed by atoms with van der Waals surface area (Å²) < 4.78 is 5.91. The summed E-state index contributed by atoms with van der Waals surface area (Å²) in [5.74, 6) is 0.871. The van der Waals surface area contributed by atoms with Crippen LogP contribution in [0.5, 0.6) is 0 Å². The van der Waals surface area contributed by atoms with Crippen LogP contribution in [-0.4, -0.2) is 23.1 Å². The van der Waals surface area contributed by atoms with Crippen LogP contribution >= 0.6 is 0 Å². The molecule has 0 amide bonds. The van der Waals surface area contributed by atoms with E-state index in [0.29, 0.717) is 11.5 Å². The molecule has 4 nitrogen and oxygen atoms in total. The molecule has 2 aliphatic rings. The van der Waals surface area contributed by atoms with Crippen LogP contribution in [0.2, 0.25) is 0 Å². The molecule has 0 aromatic carbocycles. The zero-order valence-corrected chi connectivity index (χ0v) is 13.5. The Morgan fingerprint density at radius 1 is 1.24 bits per heavy atom. The van der Waals surface area contributed by atoms with Gasteiger partial charge in [-0.25, -0.2) is 9.97 Å². The molecule has 2 aliphatic carbocycles. The molecule has 1 aromatic rings. The van der Waals surface area contributed by atoms with Crippen LogP contribution in [-0.2, 0) is 16.9 Å². The van der Waals surface area contributed by atoms with Gasteiger partial charge < -0.3 is 10.1 Å². The lowest BCUT2D eigenvalue weighted by Crippen LogP contribution is -2.38. The molecule has 1 N–H and O–H groups in total. The predicted octanol–water partition coefficient (Wildman–Crippen LogP) is 3.17. The summed E-state index contributed by atoms with van der Waals surface area (Å²) in [5, 5.41) is 3.52. The molecule has 4 heteroatoms. The van der Waals surface area contributed by atoms with Crippen molar-refractivity contribution in [2.75, 3.05) is 7.11 Å². The Labute approximate surface area is 127 Å². The smallest absolute Gasteiger partial charge is 0.160 e.